The number of pyridine rings is 1. The van der Waals surface area contributed by atoms with Crippen molar-refractivity contribution in [3.8, 4) is 0 Å². The van der Waals surface area contributed by atoms with E-state index in [1.165, 1.54) is 0 Å². The molecule has 0 fully saturated rings. The van der Waals surface area contributed by atoms with Gasteiger partial charge in [-0.2, -0.15) is 0 Å². The second-order valence-corrected chi connectivity index (χ2v) is 6.65. The number of aromatic nitrogens is 2. The van der Waals surface area contributed by atoms with Gasteiger partial charge in [-0.3, -0.25) is 14.0 Å². The Bertz CT molecular complexity index is 770. The summed E-state index contributed by atoms with van der Waals surface area (Å²) in [5, 5.41) is 8.93. The summed E-state index contributed by atoms with van der Waals surface area (Å²) in [7, 11) is 0. The molecule has 0 radical (unpaired) electrons. The lowest BCUT2D eigenvalue weighted by Crippen LogP contribution is -2.35. The van der Waals surface area contributed by atoms with Gasteiger partial charge in [-0.25, -0.2) is 4.98 Å². The normalized spacial score (nSPS) is 11.0. The van der Waals surface area contributed by atoms with E-state index in [4.69, 9.17) is 5.11 Å². The Morgan fingerprint density at radius 3 is 2.62 bits per heavy atom. The minimum atomic E-state index is -0.906. The van der Waals surface area contributed by atoms with Gasteiger partial charge in [0.1, 0.15) is 11.3 Å². The minimum Gasteiger partial charge on any atom is -0.481 e. The Hall–Kier alpha value is -1.89. The van der Waals surface area contributed by atoms with Crippen molar-refractivity contribution in [3.63, 3.8) is 0 Å². The van der Waals surface area contributed by atoms with Crippen molar-refractivity contribution in [2.75, 3.05) is 13.1 Å². The van der Waals surface area contributed by atoms with E-state index in [2.05, 4.69) is 20.9 Å². The van der Waals surface area contributed by atoms with Crippen molar-refractivity contribution in [3.05, 3.63) is 33.7 Å². The molecule has 1 amide bonds. The number of imidazole rings is 1. The molecule has 0 aliphatic rings. The molecule has 0 aromatic carbocycles. The van der Waals surface area contributed by atoms with Gasteiger partial charge in [0.05, 0.1) is 12.1 Å². The number of carboxylic acids is 1. The van der Waals surface area contributed by atoms with Crippen LogP contribution in [-0.2, 0) is 11.2 Å². The van der Waals surface area contributed by atoms with Crippen molar-refractivity contribution < 1.29 is 14.7 Å². The number of fused-ring (bicyclic) bond motifs is 1. The summed E-state index contributed by atoms with van der Waals surface area (Å²) in [5.41, 5.74) is 2.99. The summed E-state index contributed by atoms with van der Waals surface area (Å²) in [5.74, 6) is -1.07. The molecule has 0 spiro atoms. The molecule has 0 bridgehead atoms. The highest BCUT2D eigenvalue weighted by atomic mass is 79.9. The number of carbonyl (C=O) groups excluding carboxylic acids is 1. The van der Waals surface area contributed by atoms with E-state index in [1.54, 1.807) is 4.90 Å². The molecule has 130 valence electrons. The fourth-order valence-corrected chi connectivity index (χ4v) is 3.30. The highest BCUT2D eigenvalue weighted by Crippen LogP contribution is 2.22. The summed E-state index contributed by atoms with van der Waals surface area (Å²) in [4.78, 5) is 30.2. The van der Waals surface area contributed by atoms with E-state index in [9.17, 15) is 9.59 Å². The maximum atomic E-state index is 13.1. The molecule has 6 nitrogen and oxygen atoms in total. The van der Waals surface area contributed by atoms with Crippen LogP contribution >= 0.6 is 15.9 Å². The summed E-state index contributed by atoms with van der Waals surface area (Å²) in [6, 6.07) is 1.96. The lowest BCUT2D eigenvalue weighted by Gasteiger charge is -2.21. The summed E-state index contributed by atoms with van der Waals surface area (Å²) in [6.45, 7) is 6.61. The van der Waals surface area contributed by atoms with Crippen molar-refractivity contribution >= 4 is 33.5 Å². The van der Waals surface area contributed by atoms with Gasteiger partial charge in [-0.15, -0.1) is 0 Å². The molecule has 7 heteroatoms. The number of rotatable bonds is 7. The topological polar surface area (TPSA) is 74.9 Å². The van der Waals surface area contributed by atoms with Crippen LogP contribution in [-0.4, -0.2) is 44.4 Å². The molecule has 2 heterocycles. The maximum Gasteiger partial charge on any atom is 0.305 e. The van der Waals surface area contributed by atoms with Gasteiger partial charge in [-0.1, -0.05) is 13.8 Å². The van der Waals surface area contributed by atoms with Crippen LogP contribution in [0.1, 0.15) is 48.4 Å². The van der Waals surface area contributed by atoms with Crippen LogP contribution in [0.25, 0.3) is 5.65 Å². The molecule has 2 rings (SSSR count). The number of aliphatic carboxylic acids is 1. The van der Waals surface area contributed by atoms with Gasteiger partial charge in [-0.05, 0) is 47.3 Å². The van der Waals surface area contributed by atoms with Crippen LogP contribution in [0.3, 0.4) is 0 Å². The average molecular weight is 396 g/mol. The second-order valence-electron chi connectivity index (χ2n) is 5.73. The summed E-state index contributed by atoms with van der Waals surface area (Å²) < 4.78 is 2.68. The third-order valence-electron chi connectivity index (χ3n) is 3.86. The summed E-state index contributed by atoms with van der Waals surface area (Å²) >= 11 is 3.46. The largest absolute Gasteiger partial charge is 0.481 e. The predicted molar refractivity (Wildman–Crippen MR) is 95.5 cm³/mol. The quantitative estimate of drug-likeness (QED) is 0.780. The molecule has 0 aliphatic carbocycles. The number of aryl methyl sites for hydroxylation is 2. The third kappa shape index (κ3) is 3.77. The Morgan fingerprint density at radius 2 is 2.04 bits per heavy atom. The van der Waals surface area contributed by atoms with Crippen LogP contribution in [0.5, 0.6) is 0 Å². The average Bonchev–Trinajstić information content (AvgIpc) is 2.89. The van der Waals surface area contributed by atoms with Crippen LogP contribution in [0.4, 0.5) is 0 Å². The van der Waals surface area contributed by atoms with Gasteiger partial charge in [0.25, 0.3) is 5.91 Å². The molecule has 24 heavy (non-hydrogen) atoms. The standard InChI is InChI=1S/C17H22BrN3O3/c1-4-7-20(8-6-14(22)23)17(24)15-13(5-2)19-16-11(3)9-12(18)10-21(15)16/h9-10H,4-8H2,1-3H3,(H,22,23). The first-order chi connectivity index (χ1) is 11.4. The smallest absolute Gasteiger partial charge is 0.305 e. The zero-order valence-corrected chi connectivity index (χ0v) is 15.8. The number of carboxylic acid groups (broad SMARTS) is 1. The molecule has 0 aliphatic heterocycles. The van der Waals surface area contributed by atoms with Crippen LogP contribution in [0, 0.1) is 6.92 Å². The molecular weight excluding hydrogens is 374 g/mol. The number of amides is 1. The molecule has 0 saturated heterocycles. The van der Waals surface area contributed by atoms with E-state index in [-0.39, 0.29) is 18.9 Å². The number of hydrogen-bond donors (Lipinski definition) is 1. The lowest BCUT2D eigenvalue weighted by molar-refractivity contribution is -0.137. The highest BCUT2D eigenvalue weighted by molar-refractivity contribution is 9.10. The Balaban J connectivity index is 2.51. The zero-order valence-electron chi connectivity index (χ0n) is 14.2. The van der Waals surface area contributed by atoms with Crippen molar-refractivity contribution in [2.45, 2.75) is 40.0 Å². The SMILES string of the molecule is CCCN(CCC(=O)O)C(=O)c1c(CC)nc2c(C)cc(Br)cn12. The number of carbonyl (C=O) groups is 2. The first kappa shape index (κ1) is 18.4. The zero-order chi connectivity index (χ0) is 17.9. The van der Waals surface area contributed by atoms with E-state index in [0.717, 1.165) is 27.8 Å². The van der Waals surface area contributed by atoms with Gasteiger partial charge >= 0.3 is 5.97 Å². The van der Waals surface area contributed by atoms with Gasteiger partial charge in [0.15, 0.2) is 0 Å². The predicted octanol–water partition coefficient (Wildman–Crippen LogP) is 3.29. The molecule has 2 aromatic heterocycles. The fourth-order valence-electron chi connectivity index (χ4n) is 2.75. The van der Waals surface area contributed by atoms with Gasteiger partial charge in [0.2, 0.25) is 0 Å². The van der Waals surface area contributed by atoms with E-state index >= 15 is 0 Å². The van der Waals surface area contributed by atoms with Crippen LogP contribution < -0.4 is 0 Å². The summed E-state index contributed by atoms with van der Waals surface area (Å²) in [6.07, 6.45) is 3.18. The number of halogens is 1. The fraction of sp³-hybridized carbons (Fsp3) is 0.471. The van der Waals surface area contributed by atoms with Crippen molar-refractivity contribution in [1.29, 1.82) is 0 Å². The van der Waals surface area contributed by atoms with Crippen LogP contribution in [0.15, 0.2) is 16.7 Å². The molecule has 1 N–H and O–H groups in total. The maximum absolute atomic E-state index is 13.1. The first-order valence-electron chi connectivity index (χ1n) is 8.07. The third-order valence-corrected chi connectivity index (χ3v) is 4.29. The second kappa shape index (κ2) is 7.79. The molecular formula is C17H22BrN3O3. The Morgan fingerprint density at radius 1 is 1.33 bits per heavy atom. The van der Waals surface area contributed by atoms with Gasteiger partial charge in [0, 0.05) is 23.8 Å². The number of nitrogens with zero attached hydrogens (tertiary/aromatic N) is 3. The van der Waals surface area contributed by atoms with E-state index in [0.29, 0.717) is 18.7 Å². The Labute approximate surface area is 149 Å². The minimum absolute atomic E-state index is 0.0628. The monoisotopic (exact) mass is 395 g/mol. The molecule has 0 saturated carbocycles. The van der Waals surface area contributed by atoms with E-state index in [1.807, 2.05) is 37.4 Å². The first-order valence-corrected chi connectivity index (χ1v) is 8.86. The van der Waals surface area contributed by atoms with Crippen LogP contribution in [0.2, 0.25) is 0 Å². The highest BCUT2D eigenvalue weighted by Gasteiger charge is 2.24. The molecule has 0 unspecified atom stereocenters. The van der Waals surface area contributed by atoms with E-state index < -0.39 is 5.97 Å². The molecule has 0 atom stereocenters. The van der Waals surface area contributed by atoms with Crippen molar-refractivity contribution in [2.24, 2.45) is 0 Å². The van der Waals surface area contributed by atoms with Gasteiger partial charge < -0.3 is 10.0 Å². The Kier molecular flexibility index (Phi) is 5.99. The number of hydrogen-bond acceptors (Lipinski definition) is 3. The molecule has 2 aromatic rings. The lowest BCUT2D eigenvalue weighted by atomic mass is 10.2. The van der Waals surface area contributed by atoms with Crippen molar-refractivity contribution in [1.82, 2.24) is 14.3 Å².